The summed E-state index contributed by atoms with van der Waals surface area (Å²) in [5.74, 6) is -2.32. The third kappa shape index (κ3) is 9.76. The SMILES string of the molecule is CC(C)C[C@H](NC(=O)OCC1CN(C(=O)OC(C)(C)C)C1)C(=O)N[C@@H](C[C@@H]1C=CNC1=O)[C@@H](O)S(=O)(=O)O. The Morgan fingerprint density at radius 2 is 1.84 bits per heavy atom. The Balaban J connectivity index is 1.95. The third-order valence-electron chi connectivity index (χ3n) is 5.75. The molecule has 38 heavy (non-hydrogen) atoms. The molecule has 2 aliphatic heterocycles. The number of nitrogens with zero attached hydrogens (tertiary/aromatic N) is 1. The van der Waals surface area contributed by atoms with Gasteiger partial charge in [-0.05, 0) is 39.5 Å². The van der Waals surface area contributed by atoms with Crippen molar-refractivity contribution in [1.29, 1.82) is 0 Å². The van der Waals surface area contributed by atoms with Gasteiger partial charge in [0.05, 0.1) is 18.6 Å². The highest BCUT2D eigenvalue weighted by Gasteiger charge is 2.38. The lowest BCUT2D eigenvalue weighted by Crippen LogP contribution is -2.55. The standard InChI is InChI=1S/C23H38N4O10S/c1-13(2)8-16(26-21(31)36-12-14-10-27(11-14)22(32)37-23(3,4)5)19(29)25-17(20(30)38(33,34)35)9-15-6-7-24-18(15)28/h6-7,13-17,20,30H,8-12H2,1-5H3,(H,24,28)(H,25,29)(H,26,31)(H,33,34,35)/t15-,16-,17-,20-/m0/s1. The number of ether oxygens (including phenoxy) is 2. The van der Waals surface area contributed by atoms with Gasteiger partial charge in [-0.3, -0.25) is 14.1 Å². The first-order chi connectivity index (χ1) is 17.5. The molecule has 14 nitrogen and oxygen atoms in total. The summed E-state index contributed by atoms with van der Waals surface area (Å²) in [5.41, 5.74) is -3.02. The maximum atomic E-state index is 13.0. The average molecular weight is 563 g/mol. The second-order valence-corrected chi connectivity index (χ2v) is 12.4. The molecule has 5 N–H and O–H groups in total. The van der Waals surface area contributed by atoms with Gasteiger partial charge in [0, 0.05) is 25.2 Å². The van der Waals surface area contributed by atoms with E-state index in [4.69, 9.17) is 9.47 Å². The summed E-state index contributed by atoms with van der Waals surface area (Å²) in [6, 6.07) is -2.71. The van der Waals surface area contributed by atoms with E-state index in [9.17, 15) is 37.3 Å². The minimum absolute atomic E-state index is 0.00559. The van der Waals surface area contributed by atoms with Crippen molar-refractivity contribution in [2.75, 3.05) is 19.7 Å². The number of hydrogen-bond acceptors (Lipinski definition) is 9. The largest absolute Gasteiger partial charge is 0.449 e. The van der Waals surface area contributed by atoms with E-state index in [0.717, 1.165) is 0 Å². The number of hydrogen-bond donors (Lipinski definition) is 5. The van der Waals surface area contributed by atoms with Crippen LogP contribution in [0, 0.1) is 17.8 Å². The molecule has 2 aliphatic rings. The molecule has 0 aromatic heterocycles. The minimum Gasteiger partial charge on any atom is -0.449 e. The van der Waals surface area contributed by atoms with Crippen LogP contribution >= 0.6 is 0 Å². The second-order valence-electron chi connectivity index (χ2n) is 10.9. The summed E-state index contributed by atoms with van der Waals surface area (Å²) in [6.45, 7) is 9.55. The van der Waals surface area contributed by atoms with E-state index in [1.165, 1.54) is 17.2 Å². The van der Waals surface area contributed by atoms with E-state index in [2.05, 4.69) is 16.0 Å². The monoisotopic (exact) mass is 562 g/mol. The van der Waals surface area contributed by atoms with Gasteiger partial charge in [-0.1, -0.05) is 19.9 Å². The molecule has 15 heteroatoms. The van der Waals surface area contributed by atoms with E-state index in [0.29, 0.717) is 13.1 Å². The van der Waals surface area contributed by atoms with E-state index in [1.807, 2.05) is 0 Å². The quantitative estimate of drug-likeness (QED) is 0.219. The zero-order chi connectivity index (χ0) is 28.8. The fourth-order valence-corrected chi connectivity index (χ4v) is 4.46. The fraction of sp³-hybridized carbons (Fsp3) is 0.739. The Morgan fingerprint density at radius 3 is 2.34 bits per heavy atom. The van der Waals surface area contributed by atoms with Crippen molar-refractivity contribution in [2.45, 2.75) is 70.6 Å². The highest BCUT2D eigenvalue weighted by Crippen LogP contribution is 2.20. The number of nitrogens with one attached hydrogen (secondary N) is 3. The number of aliphatic hydroxyl groups excluding tert-OH is 1. The van der Waals surface area contributed by atoms with Gasteiger partial charge in [-0.2, -0.15) is 8.42 Å². The number of amides is 4. The number of carbonyl (C=O) groups excluding carboxylic acids is 4. The minimum atomic E-state index is -4.98. The molecule has 4 amide bonds. The van der Waals surface area contributed by atoms with Crippen LogP contribution in [0.2, 0.25) is 0 Å². The summed E-state index contributed by atoms with van der Waals surface area (Å²) in [6.07, 6.45) is 1.26. The first-order valence-electron chi connectivity index (χ1n) is 12.3. The van der Waals surface area contributed by atoms with E-state index >= 15 is 0 Å². The van der Waals surface area contributed by atoms with Gasteiger partial charge in [-0.25, -0.2) is 9.59 Å². The average Bonchev–Trinajstić information content (AvgIpc) is 3.13. The van der Waals surface area contributed by atoms with Crippen molar-refractivity contribution < 1.29 is 46.7 Å². The zero-order valence-corrected chi connectivity index (χ0v) is 23.0. The number of rotatable bonds is 11. The number of alkyl carbamates (subject to hydrolysis) is 1. The molecular formula is C23H38N4O10S. The van der Waals surface area contributed by atoms with Crippen LogP contribution in [0.4, 0.5) is 9.59 Å². The van der Waals surface area contributed by atoms with Crippen LogP contribution in [0.15, 0.2) is 12.3 Å². The molecule has 0 aliphatic carbocycles. The lowest BCUT2D eigenvalue weighted by molar-refractivity contribution is -0.126. The topological polar surface area (TPSA) is 201 Å². The Hall–Kier alpha value is -2.91. The highest BCUT2D eigenvalue weighted by atomic mass is 32.2. The Kier molecular flexibility index (Phi) is 10.5. The molecule has 0 bridgehead atoms. The predicted octanol–water partition coefficient (Wildman–Crippen LogP) is 0.335. The van der Waals surface area contributed by atoms with Crippen LogP contribution < -0.4 is 16.0 Å². The van der Waals surface area contributed by atoms with Crippen molar-refractivity contribution in [1.82, 2.24) is 20.9 Å². The Labute approximate surface area is 222 Å². The zero-order valence-electron chi connectivity index (χ0n) is 22.2. The van der Waals surface area contributed by atoms with Gasteiger partial charge >= 0.3 is 12.2 Å². The Bertz CT molecular complexity index is 1020. The lowest BCUT2D eigenvalue weighted by Gasteiger charge is -2.39. The molecule has 0 saturated carbocycles. The molecule has 4 atom stereocenters. The van der Waals surface area contributed by atoms with Gasteiger partial charge in [0.1, 0.15) is 11.6 Å². The molecule has 0 radical (unpaired) electrons. The van der Waals surface area contributed by atoms with Crippen molar-refractivity contribution in [2.24, 2.45) is 17.8 Å². The molecule has 216 valence electrons. The smallest absolute Gasteiger partial charge is 0.410 e. The van der Waals surface area contributed by atoms with Crippen molar-refractivity contribution in [3.05, 3.63) is 12.3 Å². The van der Waals surface area contributed by atoms with Crippen LogP contribution in [-0.4, -0.2) is 89.8 Å². The maximum Gasteiger partial charge on any atom is 0.410 e. The maximum absolute atomic E-state index is 13.0. The van der Waals surface area contributed by atoms with Crippen molar-refractivity contribution in [3.63, 3.8) is 0 Å². The lowest BCUT2D eigenvalue weighted by atomic mass is 9.99. The summed E-state index contributed by atoms with van der Waals surface area (Å²) in [4.78, 5) is 50.8. The Morgan fingerprint density at radius 1 is 1.21 bits per heavy atom. The summed E-state index contributed by atoms with van der Waals surface area (Å²) < 4.78 is 42.9. The molecule has 0 spiro atoms. The first-order valence-corrected chi connectivity index (χ1v) is 13.8. The number of likely N-dealkylation sites (tertiary alicyclic amines) is 1. The molecule has 0 aromatic carbocycles. The van der Waals surface area contributed by atoms with E-state index < -0.39 is 63.2 Å². The summed E-state index contributed by atoms with van der Waals surface area (Å²) in [7, 11) is -4.98. The summed E-state index contributed by atoms with van der Waals surface area (Å²) in [5, 5.41) is 17.3. The third-order valence-corrected chi connectivity index (χ3v) is 6.69. The van der Waals surface area contributed by atoms with E-state index in [-0.39, 0.29) is 31.3 Å². The normalized spacial score (nSPS) is 20.3. The molecule has 1 saturated heterocycles. The van der Waals surface area contributed by atoms with Crippen LogP contribution in [0.3, 0.4) is 0 Å². The van der Waals surface area contributed by atoms with Gasteiger partial charge in [0.25, 0.3) is 10.1 Å². The van der Waals surface area contributed by atoms with E-state index in [1.54, 1.807) is 34.6 Å². The van der Waals surface area contributed by atoms with Gasteiger partial charge in [0.15, 0.2) is 0 Å². The van der Waals surface area contributed by atoms with Gasteiger partial charge in [0.2, 0.25) is 17.3 Å². The predicted molar refractivity (Wildman–Crippen MR) is 134 cm³/mol. The van der Waals surface area contributed by atoms with Crippen molar-refractivity contribution >= 4 is 34.1 Å². The van der Waals surface area contributed by atoms with Gasteiger partial charge < -0.3 is 35.4 Å². The highest BCUT2D eigenvalue weighted by molar-refractivity contribution is 7.86. The number of aliphatic hydroxyl groups is 1. The van der Waals surface area contributed by atoms with Crippen molar-refractivity contribution in [3.8, 4) is 0 Å². The van der Waals surface area contributed by atoms with Crippen LogP contribution in [0.5, 0.6) is 0 Å². The number of carbonyl (C=O) groups is 4. The fourth-order valence-electron chi connectivity index (χ4n) is 3.87. The molecular weight excluding hydrogens is 524 g/mol. The molecule has 0 unspecified atom stereocenters. The summed E-state index contributed by atoms with van der Waals surface area (Å²) >= 11 is 0. The molecule has 1 fully saturated rings. The van der Waals surface area contributed by atoms with Crippen LogP contribution in [0.1, 0.15) is 47.5 Å². The molecule has 2 heterocycles. The molecule has 0 aromatic rings. The second kappa shape index (κ2) is 12.8. The first kappa shape index (κ1) is 31.3. The van der Waals surface area contributed by atoms with Crippen LogP contribution in [0.25, 0.3) is 0 Å². The van der Waals surface area contributed by atoms with Crippen LogP contribution in [-0.2, 0) is 29.2 Å². The molecule has 2 rings (SSSR count). The van der Waals surface area contributed by atoms with Gasteiger partial charge in [-0.15, -0.1) is 0 Å².